The summed E-state index contributed by atoms with van der Waals surface area (Å²) in [6.45, 7) is 3.64. The van der Waals surface area contributed by atoms with Crippen molar-refractivity contribution in [2.45, 2.75) is 24.3 Å². The number of aromatic nitrogens is 4. The lowest BCUT2D eigenvalue weighted by Crippen LogP contribution is -2.23. The maximum Gasteiger partial charge on any atom is 0.238 e. The number of thioether (sulfide) groups is 1. The quantitative estimate of drug-likeness (QED) is 0.474. The second kappa shape index (κ2) is 8.27. The van der Waals surface area contributed by atoms with Crippen molar-refractivity contribution in [3.63, 3.8) is 0 Å². The first-order chi connectivity index (χ1) is 14.1. The lowest BCUT2D eigenvalue weighted by molar-refractivity contribution is -0.115. The molecule has 0 bridgehead atoms. The Morgan fingerprint density at radius 2 is 1.69 bits per heavy atom. The van der Waals surface area contributed by atoms with E-state index in [0.29, 0.717) is 33.9 Å². The van der Waals surface area contributed by atoms with E-state index in [-0.39, 0.29) is 5.91 Å². The average molecular weight is 407 g/mol. The number of furan rings is 2. The minimum atomic E-state index is -0.460. The fourth-order valence-corrected chi connectivity index (χ4v) is 3.29. The number of pyridine rings is 1. The second-order valence-corrected chi connectivity index (χ2v) is 7.47. The topological polar surface area (TPSA) is 107 Å². The van der Waals surface area contributed by atoms with E-state index in [2.05, 4.69) is 25.5 Å². The number of hydrogen-bond donors (Lipinski definition) is 1. The SMILES string of the molecule is Cc1cccc(NC(=O)C(C)Sc2nnc(-c3ccco3)c(-c3ccco3)n2)n1. The number of hydrogen-bond acceptors (Lipinski definition) is 8. The van der Waals surface area contributed by atoms with Gasteiger partial charge >= 0.3 is 0 Å². The van der Waals surface area contributed by atoms with Gasteiger partial charge in [-0.05, 0) is 50.2 Å². The molecule has 4 rings (SSSR count). The highest BCUT2D eigenvalue weighted by molar-refractivity contribution is 8.00. The lowest BCUT2D eigenvalue weighted by atomic mass is 10.2. The Bertz CT molecular complexity index is 1110. The van der Waals surface area contributed by atoms with Crippen molar-refractivity contribution in [2.24, 2.45) is 0 Å². The smallest absolute Gasteiger partial charge is 0.238 e. The van der Waals surface area contributed by atoms with Crippen LogP contribution in [0.15, 0.2) is 69.0 Å². The Kier molecular flexibility index (Phi) is 5.39. The van der Waals surface area contributed by atoms with E-state index in [1.165, 1.54) is 11.8 Å². The molecule has 146 valence electrons. The molecule has 4 aromatic heterocycles. The summed E-state index contributed by atoms with van der Waals surface area (Å²) in [6.07, 6.45) is 3.11. The van der Waals surface area contributed by atoms with Crippen LogP contribution in [0.3, 0.4) is 0 Å². The Hall–Kier alpha value is -3.46. The maximum absolute atomic E-state index is 12.5. The van der Waals surface area contributed by atoms with Gasteiger partial charge in [0.1, 0.15) is 11.5 Å². The van der Waals surface area contributed by atoms with Gasteiger partial charge in [-0.25, -0.2) is 9.97 Å². The van der Waals surface area contributed by atoms with E-state index in [4.69, 9.17) is 8.83 Å². The van der Waals surface area contributed by atoms with Crippen molar-refractivity contribution in [1.29, 1.82) is 0 Å². The third-order valence-electron chi connectivity index (χ3n) is 3.97. The first kappa shape index (κ1) is 18.9. The van der Waals surface area contributed by atoms with Crippen LogP contribution in [0.25, 0.3) is 22.9 Å². The second-order valence-electron chi connectivity index (χ2n) is 6.16. The van der Waals surface area contributed by atoms with Gasteiger partial charge < -0.3 is 14.2 Å². The fourth-order valence-electron chi connectivity index (χ4n) is 2.58. The average Bonchev–Trinajstić information content (AvgIpc) is 3.42. The predicted molar refractivity (Wildman–Crippen MR) is 108 cm³/mol. The Morgan fingerprint density at radius 3 is 2.34 bits per heavy atom. The Balaban J connectivity index is 1.55. The number of carbonyl (C=O) groups is 1. The van der Waals surface area contributed by atoms with Crippen molar-refractivity contribution in [1.82, 2.24) is 20.2 Å². The van der Waals surface area contributed by atoms with E-state index in [0.717, 1.165) is 5.69 Å². The van der Waals surface area contributed by atoms with Crippen molar-refractivity contribution < 1.29 is 13.6 Å². The molecule has 0 saturated carbocycles. The molecule has 4 aromatic rings. The monoisotopic (exact) mass is 407 g/mol. The summed E-state index contributed by atoms with van der Waals surface area (Å²) in [7, 11) is 0. The van der Waals surface area contributed by atoms with Gasteiger partial charge in [0, 0.05) is 5.69 Å². The molecule has 4 heterocycles. The largest absolute Gasteiger partial charge is 0.463 e. The van der Waals surface area contributed by atoms with Crippen LogP contribution < -0.4 is 5.32 Å². The third-order valence-corrected chi connectivity index (χ3v) is 4.92. The first-order valence-corrected chi connectivity index (χ1v) is 9.72. The summed E-state index contributed by atoms with van der Waals surface area (Å²) in [6, 6.07) is 12.5. The summed E-state index contributed by atoms with van der Waals surface area (Å²) in [4.78, 5) is 21.4. The summed E-state index contributed by atoms with van der Waals surface area (Å²) in [5, 5.41) is 11.1. The molecule has 0 aliphatic rings. The molecule has 9 heteroatoms. The summed E-state index contributed by atoms with van der Waals surface area (Å²) < 4.78 is 10.9. The summed E-state index contributed by atoms with van der Waals surface area (Å²) >= 11 is 1.20. The number of nitrogens with one attached hydrogen (secondary N) is 1. The van der Waals surface area contributed by atoms with Crippen LogP contribution in [-0.2, 0) is 4.79 Å². The van der Waals surface area contributed by atoms with E-state index in [1.807, 2.05) is 19.1 Å². The molecule has 1 atom stereocenters. The molecule has 0 fully saturated rings. The zero-order valence-corrected chi connectivity index (χ0v) is 16.5. The highest BCUT2D eigenvalue weighted by Gasteiger charge is 2.21. The maximum atomic E-state index is 12.5. The standard InChI is InChI=1S/C20H17N5O3S/c1-12-6-3-9-16(21-12)22-19(26)13(2)29-20-23-17(14-7-4-10-27-14)18(24-25-20)15-8-5-11-28-15/h3-11,13H,1-2H3,(H,21,22,26). The zero-order chi connectivity index (χ0) is 20.2. The van der Waals surface area contributed by atoms with Gasteiger partial charge in [-0.1, -0.05) is 17.8 Å². The summed E-state index contributed by atoms with van der Waals surface area (Å²) in [5.41, 5.74) is 1.79. The molecule has 0 spiro atoms. The zero-order valence-electron chi connectivity index (χ0n) is 15.7. The molecule has 0 aliphatic heterocycles. The number of nitrogens with zero attached hydrogens (tertiary/aromatic N) is 4. The number of carbonyl (C=O) groups excluding carboxylic acids is 1. The van der Waals surface area contributed by atoms with Crippen LogP contribution in [0, 0.1) is 6.92 Å². The molecule has 1 amide bonds. The van der Waals surface area contributed by atoms with E-state index >= 15 is 0 Å². The fraction of sp³-hybridized carbons (Fsp3) is 0.150. The van der Waals surface area contributed by atoms with Crippen LogP contribution in [-0.4, -0.2) is 31.3 Å². The minimum Gasteiger partial charge on any atom is -0.463 e. The van der Waals surface area contributed by atoms with Gasteiger partial charge in [-0.3, -0.25) is 4.79 Å². The molecule has 0 saturated heterocycles. The van der Waals surface area contributed by atoms with Crippen LogP contribution in [0.2, 0.25) is 0 Å². The van der Waals surface area contributed by atoms with Gasteiger partial charge in [-0.15, -0.1) is 10.2 Å². The number of amides is 1. The van der Waals surface area contributed by atoms with Gasteiger partial charge in [-0.2, -0.15) is 0 Å². The first-order valence-electron chi connectivity index (χ1n) is 8.84. The minimum absolute atomic E-state index is 0.202. The third kappa shape index (κ3) is 4.35. The van der Waals surface area contributed by atoms with Crippen LogP contribution in [0.5, 0.6) is 0 Å². The van der Waals surface area contributed by atoms with Crippen molar-refractivity contribution in [3.05, 3.63) is 60.7 Å². The highest BCUT2D eigenvalue weighted by Crippen LogP contribution is 2.31. The Labute approximate surface area is 170 Å². The van der Waals surface area contributed by atoms with Crippen LogP contribution in [0.1, 0.15) is 12.6 Å². The predicted octanol–water partition coefficient (Wildman–Crippen LogP) is 4.21. The Morgan fingerprint density at radius 1 is 0.966 bits per heavy atom. The van der Waals surface area contributed by atoms with E-state index < -0.39 is 5.25 Å². The van der Waals surface area contributed by atoms with Crippen LogP contribution in [0.4, 0.5) is 5.82 Å². The number of aryl methyl sites for hydroxylation is 1. The van der Waals surface area contributed by atoms with E-state index in [9.17, 15) is 4.79 Å². The molecular formula is C20H17N5O3S. The molecule has 0 aromatic carbocycles. The van der Waals surface area contributed by atoms with Gasteiger partial charge in [0.05, 0.1) is 17.8 Å². The molecule has 1 N–H and O–H groups in total. The van der Waals surface area contributed by atoms with E-state index in [1.54, 1.807) is 49.8 Å². The van der Waals surface area contributed by atoms with Crippen molar-refractivity contribution >= 4 is 23.5 Å². The lowest BCUT2D eigenvalue weighted by Gasteiger charge is -2.11. The highest BCUT2D eigenvalue weighted by atomic mass is 32.2. The van der Waals surface area contributed by atoms with Gasteiger partial charge in [0.2, 0.25) is 11.1 Å². The molecule has 0 radical (unpaired) electrons. The van der Waals surface area contributed by atoms with Crippen LogP contribution >= 0.6 is 11.8 Å². The van der Waals surface area contributed by atoms with Crippen molar-refractivity contribution in [3.8, 4) is 22.9 Å². The number of anilines is 1. The molecule has 29 heavy (non-hydrogen) atoms. The molecular weight excluding hydrogens is 390 g/mol. The van der Waals surface area contributed by atoms with Gasteiger partial charge in [0.25, 0.3) is 0 Å². The normalized spacial score (nSPS) is 11.9. The van der Waals surface area contributed by atoms with Gasteiger partial charge in [0.15, 0.2) is 17.2 Å². The molecule has 8 nitrogen and oxygen atoms in total. The number of rotatable bonds is 6. The molecule has 1 unspecified atom stereocenters. The van der Waals surface area contributed by atoms with Crippen molar-refractivity contribution in [2.75, 3.05) is 5.32 Å². The summed E-state index contributed by atoms with van der Waals surface area (Å²) in [5.74, 6) is 1.37. The molecule has 0 aliphatic carbocycles.